The van der Waals surface area contributed by atoms with Gasteiger partial charge in [0.05, 0.1) is 11.2 Å². The lowest BCUT2D eigenvalue weighted by Crippen LogP contribution is -2.35. The number of aromatic nitrogens is 3. The lowest BCUT2D eigenvalue weighted by atomic mass is 10.3. The van der Waals surface area contributed by atoms with Crippen LogP contribution in [-0.2, 0) is 6.54 Å². The molecule has 0 bridgehead atoms. The molecule has 0 spiro atoms. The summed E-state index contributed by atoms with van der Waals surface area (Å²) in [5.74, 6) is 0.0244. The Balaban J connectivity index is 1.57. The van der Waals surface area contributed by atoms with Gasteiger partial charge in [-0.3, -0.25) is 14.4 Å². The molecule has 2 aromatic heterocycles. The van der Waals surface area contributed by atoms with Crippen molar-refractivity contribution in [2.45, 2.75) is 32.9 Å². The predicted octanol–water partition coefficient (Wildman–Crippen LogP) is 2.79. The van der Waals surface area contributed by atoms with Gasteiger partial charge >= 0.3 is 0 Å². The van der Waals surface area contributed by atoms with Crippen LogP contribution in [0.4, 0.5) is 0 Å². The number of nitrogens with zero attached hydrogens (tertiary/aromatic N) is 4. The predicted molar refractivity (Wildman–Crippen MR) is 94.2 cm³/mol. The number of nitrogens with one attached hydrogen (secondary N) is 1. The minimum Gasteiger partial charge on any atom is -0.356 e. The SMILES string of the molecule is CC(C)n1cc(CN2CCCN(C(=O)c3cc(Cl)c[nH]3)CC2)cn1. The molecular formula is C17H24ClN5O. The lowest BCUT2D eigenvalue weighted by molar-refractivity contribution is 0.0756. The minimum atomic E-state index is 0.0244. The Morgan fingerprint density at radius 1 is 1.33 bits per heavy atom. The molecule has 24 heavy (non-hydrogen) atoms. The van der Waals surface area contributed by atoms with Gasteiger partial charge in [-0.05, 0) is 26.3 Å². The van der Waals surface area contributed by atoms with Crippen LogP contribution in [0.2, 0.25) is 5.02 Å². The smallest absolute Gasteiger partial charge is 0.270 e. The van der Waals surface area contributed by atoms with E-state index < -0.39 is 0 Å². The van der Waals surface area contributed by atoms with E-state index in [2.05, 4.69) is 35.0 Å². The number of amides is 1. The molecule has 1 aliphatic heterocycles. The van der Waals surface area contributed by atoms with Crippen molar-refractivity contribution in [1.29, 1.82) is 0 Å². The van der Waals surface area contributed by atoms with Crippen molar-refractivity contribution in [3.8, 4) is 0 Å². The Kier molecular flexibility index (Phi) is 5.26. The zero-order valence-electron chi connectivity index (χ0n) is 14.2. The number of rotatable bonds is 4. The third kappa shape index (κ3) is 3.99. The van der Waals surface area contributed by atoms with Crippen molar-refractivity contribution in [2.24, 2.45) is 0 Å². The maximum atomic E-state index is 12.5. The van der Waals surface area contributed by atoms with Gasteiger partial charge in [-0.15, -0.1) is 0 Å². The van der Waals surface area contributed by atoms with Crippen LogP contribution in [0.15, 0.2) is 24.7 Å². The Labute approximate surface area is 147 Å². The highest BCUT2D eigenvalue weighted by molar-refractivity contribution is 6.30. The van der Waals surface area contributed by atoms with E-state index in [0.29, 0.717) is 16.8 Å². The standard InChI is InChI=1S/C17H24ClN5O/c1-13(2)23-12-14(9-20-23)11-21-4-3-5-22(7-6-21)17(24)16-8-15(18)10-19-16/h8-10,12-13,19H,3-7,11H2,1-2H3. The number of halogens is 1. The molecule has 1 fully saturated rings. The highest BCUT2D eigenvalue weighted by Gasteiger charge is 2.21. The second-order valence-electron chi connectivity index (χ2n) is 6.58. The van der Waals surface area contributed by atoms with Crippen LogP contribution >= 0.6 is 11.6 Å². The zero-order chi connectivity index (χ0) is 17.1. The Bertz CT molecular complexity index is 693. The molecule has 1 aliphatic rings. The quantitative estimate of drug-likeness (QED) is 0.923. The fourth-order valence-electron chi connectivity index (χ4n) is 2.99. The summed E-state index contributed by atoms with van der Waals surface area (Å²) in [5.41, 5.74) is 1.78. The molecule has 130 valence electrons. The van der Waals surface area contributed by atoms with Crippen LogP contribution in [0, 0.1) is 0 Å². The summed E-state index contributed by atoms with van der Waals surface area (Å²) in [6.07, 6.45) is 6.66. The van der Waals surface area contributed by atoms with Crippen LogP contribution in [0.25, 0.3) is 0 Å². The van der Waals surface area contributed by atoms with Crippen LogP contribution < -0.4 is 0 Å². The molecule has 1 saturated heterocycles. The maximum Gasteiger partial charge on any atom is 0.270 e. The molecule has 7 heteroatoms. The van der Waals surface area contributed by atoms with Gasteiger partial charge < -0.3 is 9.88 Å². The van der Waals surface area contributed by atoms with Gasteiger partial charge in [0.15, 0.2) is 0 Å². The first kappa shape index (κ1) is 17.0. The summed E-state index contributed by atoms with van der Waals surface area (Å²) < 4.78 is 1.98. The average Bonchev–Trinajstić information content (AvgIpc) is 3.12. The normalized spacial score (nSPS) is 16.6. The Morgan fingerprint density at radius 2 is 2.17 bits per heavy atom. The minimum absolute atomic E-state index is 0.0244. The summed E-state index contributed by atoms with van der Waals surface area (Å²) in [5, 5.41) is 4.97. The first-order valence-electron chi connectivity index (χ1n) is 8.41. The molecule has 6 nitrogen and oxygen atoms in total. The Morgan fingerprint density at radius 3 is 2.83 bits per heavy atom. The van der Waals surface area contributed by atoms with Crippen LogP contribution in [0.1, 0.15) is 42.4 Å². The Hall–Kier alpha value is -1.79. The number of carbonyl (C=O) groups excluding carboxylic acids is 1. The number of hydrogen-bond acceptors (Lipinski definition) is 3. The topological polar surface area (TPSA) is 57.2 Å². The monoisotopic (exact) mass is 349 g/mol. The van der Waals surface area contributed by atoms with Crippen LogP contribution in [0.5, 0.6) is 0 Å². The molecule has 1 amide bonds. The summed E-state index contributed by atoms with van der Waals surface area (Å²) in [4.78, 5) is 19.7. The van der Waals surface area contributed by atoms with Gasteiger partial charge in [-0.25, -0.2) is 0 Å². The van der Waals surface area contributed by atoms with E-state index in [1.165, 1.54) is 5.56 Å². The third-order valence-electron chi connectivity index (χ3n) is 4.34. The number of carbonyl (C=O) groups is 1. The molecule has 0 aliphatic carbocycles. The number of hydrogen-bond donors (Lipinski definition) is 1. The molecule has 0 unspecified atom stereocenters. The van der Waals surface area contributed by atoms with E-state index in [1.807, 2.05) is 15.8 Å². The van der Waals surface area contributed by atoms with Crippen molar-refractivity contribution in [2.75, 3.05) is 26.2 Å². The van der Waals surface area contributed by atoms with E-state index in [-0.39, 0.29) is 5.91 Å². The zero-order valence-corrected chi connectivity index (χ0v) is 15.0. The fourth-order valence-corrected chi connectivity index (χ4v) is 3.16. The highest BCUT2D eigenvalue weighted by Crippen LogP contribution is 2.15. The second kappa shape index (κ2) is 7.40. The van der Waals surface area contributed by atoms with Crippen molar-refractivity contribution in [3.63, 3.8) is 0 Å². The fraction of sp³-hybridized carbons (Fsp3) is 0.529. The first-order chi connectivity index (χ1) is 11.5. The molecule has 0 aromatic carbocycles. The van der Waals surface area contributed by atoms with E-state index in [4.69, 9.17) is 11.6 Å². The summed E-state index contributed by atoms with van der Waals surface area (Å²) in [6.45, 7) is 8.49. The molecule has 0 atom stereocenters. The molecular weight excluding hydrogens is 326 g/mol. The van der Waals surface area contributed by atoms with Crippen molar-refractivity contribution < 1.29 is 4.79 Å². The van der Waals surface area contributed by atoms with Gasteiger partial charge in [0.2, 0.25) is 0 Å². The van der Waals surface area contributed by atoms with Crippen molar-refractivity contribution in [3.05, 3.63) is 40.9 Å². The van der Waals surface area contributed by atoms with Crippen LogP contribution in [-0.4, -0.2) is 56.7 Å². The van der Waals surface area contributed by atoms with Gasteiger partial charge in [0.25, 0.3) is 5.91 Å². The second-order valence-corrected chi connectivity index (χ2v) is 7.01. The summed E-state index contributed by atoms with van der Waals surface area (Å²) in [7, 11) is 0. The van der Waals surface area contributed by atoms with Gasteiger partial charge in [0.1, 0.15) is 5.69 Å². The number of aromatic amines is 1. The molecule has 1 N–H and O–H groups in total. The van der Waals surface area contributed by atoms with E-state index >= 15 is 0 Å². The number of H-pyrrole nitrogens is 1. The third-order valence-corrected chi connectivity index (χ3v) is 4.56. The molecule has 3 rings (SSSR count). The van der Waals surface area contributed by atoms with Crippen LogP contribution in [0.3, 0.4) is 0 Å². The van der Waals surface area contributed by atoms with E-state index in [9.17, 15) is 4.79 Å². The van der Waals surface area contributed by atoms with Crippen molar-refractivity contribution >= 4 is 17.5 Å². The highest BCUT2D eigenvalue weighted by atomic mass is 35.5. The molecule has 0 radical (unpaired) electrons. The average molecular weight is 350 g/mol. The molecule has 0 saturated carbocycles. The van der Waals surface area contributed by atoms with E-state index in [1.54, 1.807) is 12.3 Å². The van der Waals surface area contributed by atoms with Gasteiger partial charge in [0, 0.05) is 56.7 Å². The first-order valence-corrected chi connectivity index (χ1v) is 8.79. The summed E-state index contributed by atoms with van der Waals surface area (Å²) >= 11 is 5.90. The van der Waals surface area contributed by atoms with Crippen molar-refractivity contribution in [1.82, 2.24) is 24.6 Å². The largest absolute Gasteiger partial charge is 0.356 e. The molecule has 3 heterocycles. The van der Waals surface area contributed by atoms with Gasteiger partial charge in [-0.2, -0.15) is 5.10 Å². The van der Waals surface area contributed by atoms with Gasteiger partial charge in [-0.1, -0.05) is 11.6 Å². The summed E-state index contributed by atoms with van der Waals surface area (Å²) in [6, 6.07) is 2.07. The maximum absolute atomic E-state index is 12.5. The van der Waals surface area contributed by atoms with E-state index in [0.717, 1.165) is 39.1 Å². The lowest BCUT2D eigenvalue weighted by Gasteiger charge is -2.21. The molecule has 2 aromatic rings.